The van der Waals surface area contributed by atoms with Crippen LogP contribution in [0.5, 0.6) is 5.75 Å². The zero-order valence-corrected chi connectivity index (χ0v) is 21.5. The van der Waals surface area contributed by atoms with Crippen LogP contribution in [0.15, 0.2) is 83.1 Å². The minimum absolute atomic E-state index is 0.0866. The van der Waals surface area contributed by atoms with Crippen LogP contribution in [0.1, 0.15) is 17.3 Å². The van der Waals surface area contributed by atoms with Gasteiger partial charge in [-0.15, -0.1) is 23.1 Å². The summed E-state index contributed by atoms with van der Waals surface area (Å²) in [5.41, 5.74) is 2.40. The number of amides is 2. The van der Waals surface area contributed by atoms with Gasteiger partial charge in [0, 0.05) is 39.2 Å². The fraction of sp³-hybridized carbons (Fsp3) is 0.115. The van der Waals surface area contributed by atoms with E-state index < -0.39 is 16.1 Å². The third-order valence-corrected chi connectivity index (χ3v) is 7.07. The number of carbonyl (C=O) groups is 2. The van der Waals surface area contributed by atoms with E-state index in [1.807, 2.05) is 35.7 Å². The van der Waals surface area contributed by atoms with E-state index in [4.69, 9.17) is 4.74 Å². The Labute approximate surface area is 221 Å². The summed E-state index contributed by atoms with van der Waals surface area (Å²) in [5, 5.41) is 18.4. The number of hydrogen-bond donors (Lipinski definition) is 2. The number of benzene rings is 3. The summed E-state index contributed by atoms with van der Waals surface area (Å²) >= 11 is 2.68. The molecular formula is C26H22N4O5S2. The second-order valence-corrected chi connectivity index (χ2v) is 10.1. The molecule has 0 saturated heterocycles. The molecule has 1 unspecified atom stereocenters. The zero-order valence-electron chi connectivity index (χ0n) is 19.8. The first-order valence-electron chi connectivity index (χ1n) is 11.1. The van der Waals surface area contributed by atoms with Crippen LogP contribution in [0.3, 0.4) is 0 Å². The lowest BCUT2D eigenvalue weighted by molar-refractivity contribution is -0.384. The highest BCUT2D eigenvalue weighted by Crippen LogP contribution is 2.30. The van der Waals surface area contributed by atoms with Crippen LogP contribution in [0, 0.1) is 10.1 Å². The van der Waals surface area contributed by atoms with Crippen LogP contribution in [0.25, 0.3) is 11.3 Å². The van der Waals surface area contributed by atoms with E-state index in [1.54, 1.807) is 32.2 Å². The lowest BCUT2D eigenvalue weighted by Gasteiger charge is -2.12. The normalized spacial score (nSPS) is 11.4. The van der Waals surface area contributed by atoms with E-state index in [0.717, 1.165) is 21.9 Å². The Hall–Kier alpha value is -4.22. The highest BCUT2D eigenvalue weighted by molar-refractivity contribution is 8.00. The molecule has 1 atom stereocenters. The zero-order chi connectivity index (χ0) is 26.4. The molecule has 1 heterocycles. The predicted molar refractivity (Wildman–Crippen MR) is 146 cm³/mol. The molecule has 0 aliphatic heterocycles. The summed E-state index contributed by atoms with van der Waals surface area (Å²) in [7, 11) is 1.60. The second-order valence-electron chi connectivity index (χ2n) is 7.81. The van der Waals surface area contributed by atoms with Crippen molar-refractivity contribution in [1.29, 1.82) is 0 Å². The molecule has 37 heavy (non-hydrogen) atoms. The predicted octanol–water partition coefficient (Wildman–Crippen LogP) is 6.10. The number of nitrogens with zero attached hydrogens (tertiary/aromatic N) is 2. The Bertz CT molecular complexity index is 1440. The molecule has 2 amide bonds. The lowest BCUT2D eigenvalue weighted by atomic mass is 10.2. The van der Waals surface area contributed by atoms with Gasteiger partial charge in [0.25, 0.3) is 11.6 Å². The lowest BCUT2D eigenvalue weighted by Crippen LogP contribution is -2.22. The quantitative estimate of drug-likeness (QED) is 0.151. The molecule has 11 heteroatoms. The summed E-state index contributed by atoms with van der Waals surface area (Å²) < 4.78 is 5.26. The molecule has 188 valence electrons. The van der Waals surface area contributed by atoms with Crippen molar-refractivity contribution in [2.24, 2.45) is 0 Å². The Morgan fingerprint density at radius 1 is 1.05 bits per heavy atom. The molecule has 2 N–H and O–H groups in total. The summed E-state index contributed by atoms with van der Waals surface area (Å²) in [6.07, 6.45) is 0. The van der Waals surface area contributed by atoms with Gasteiger partial charge in [-0.2, -0.15) is 0 Å². The Balaban J connectivity index is 1.35. The second kappa shape index (κ2) is 11.7. The molecular weight excluding hydrogens is 512 g/mol. The molecule has 0 bridgehead atoms. The molecule has 0 aliphatic rings. The number of ether oxygens (including phenoxy) is 1. The van der Waals surface area contributed by atoms with E-state index in [9.17, 15) is 19.7 Å². The molecule has 1 aromatic heterocycles. The van der Waals surface area contributed by atoms with Gasteiger partial charge in [-0.25, -0.2) is 4.98 Å². The van der Waals surface area contributed by atoms with Gasteiger partial charge in [0.15, 0.2) is 5.13 Å². The number of non-ortho nitro benzene ring substituents is 1. The van der Waals surface area contributed by atoms with E-state index in [1.165, 1.54) is 47.4 Å². The number of nitro benzene ring substituents is 1. The fourth-order valence-corrected chi connectivity index (χ4v) is 4.94. The molecule has 0 radical (unpaired) electrons. The van der Waals surface area contributed by atoms with Gasteiger partial charge in [0.1, 0.15) is 5.75 Å². The van der Waals surface area contributed by atoms with E-state index in [-0.39, 0.29) is 11.6 Å². The first-order chi connectivity index (χ1) is 17.8. The number of methoxy groups -OCH3 is 1. The number of thioether (sulfide) groups is 1. The average Bonchev–Trinajstić information content (AvgIpc) is 3.37. The number of nitrogens with one attached hydrogen (secondary N) is 2. The maximum Gasteiger partial charge on any atom is 0.269 e. The molecule has 3 aromatic carbocycles. The van der Waals surface area contributed by atoms with Crippen LogP contribution in [0.2, 0.25) is 0 Å². The van der Waals surface area contributed by atoms with Crippen LogP contribution in [0.4, 0.5) is 16.5 Å². The van der Waals surface area contributed by atoms with Gasteiger partial charge in [0.2, 0.25) is 5.91 Å². The molecule has 4 rings (SSSR count). The van der Waals surface area contributed by atoms with E-state index in [2.05, 4.69) is 15.6 Å². The topological polar surface area (TPSA) is 123 Å². The van der Waals surface area contributed by atoms with Crippen LogP contribution >= 0.6 is 23.1 Å². The van der Waals surface area contributed by atoms with Crippen molar-refractivity contribution in [3.05, 3.63) is 93.9 Å². The van der Waals surface area contributed by atoms with Crippen LogP contribution < -0.4 is 15.4 Å². The fourth-order valence-electron chi connectivity index (χ4n) is 3.30. The third kappa shape index (κ3) is 6.72. The number of aromatic nitrogens is 1. The van der Waals surface area contributed by atoms with Crippen molar-refractivity contribution in [3.63, 3.8) is 0 Å². The minimum Gasteiger partial charge on any atom is -0.497 e. The number of hydrogen-bond acceptors (Lipinski definition) is 8. The van der Waals surface area contributed by atoms with Crippen molar-refractivity contribution >= 4 is 51.4 Å². The molecule has 0 spiro atoms. The number of rotatable bonds is 9. The Morgan fingerprint density at radius 3 is 2.54 bits per heavy atom. The van der Waals surface area contributed by atoms with Crippen molar-refractivity contribution in [2.75, 3.05) is 17.7 Å². The SMILES string of the molecule is COc1cccc(-c2csc(NC(=O)C(C)Sc3cccc(NC(=O)c4ccc([N+](=O)[O-])cc4)c3)n2)c1. The Morgan fingerprint density at radius 2 is 1.81 bits per heavy atom. The number of nitro groups is 1. The first kappa shape index (κ1) is 25.9. The van der Waals surface area contributed by atoms with Gasteiger partial charge in [-0.1, -0.05) is 18.2 Å². The summed E-state index contributed by atoms with van der Waals surface area (Å²) in [6.45, 7) is 1.79. The van der Waals surface area contributed by atoms with Crippen molar-refractivity contribution in [3.8, 4) is 17.0 Å². The molecule has 0 fully saturated rings. The van der Waals surface area contributed by atoms with E-state index in [0.29, 0.717) is 16.4 Å². The maximum atomic E-state index is 12.8. The third-order valence-electron chi connectivity index (χ3n) is 5.21. The summed E-state index contributed by atoms with van der Waals surface area (Å²) in [4.78, 5) is 40.9. The largest absolute Gasteiger partial charge is 0.497 e. The smallest absolute Gasteiger partial charge is 0.269 e. The van der Waals surface area contributed by atoms with Crippen molar-refractivity contribution in [2.45, 2.75) is 17.1 Å². The molecule has 4 aromatic rings. The average molecular weight is 535 g/mol. The monoisotopic (exact) mass is 534 g/mol. The molecule has 0 aliphatic carbocycles. The number of carbonyl (C=O) groups excluding carboxylic acids is 2. The summed E-state index contributed by atoms with van der Waals surface area (Å²) in [6, 6.07) is 20.0. The van der Waals surface area contributed by atoms with E-state index >= 15 is 0 Å². The maximum absolute atomic E-state index is 12.8. The van der Waals surface area contributed by atoms with Crippen molar-refractivity contribution < 1.29 is 19.2 Å². The van der Waals surface area contributed by atoms with Gasteiger partial charge in [-0.05, 0) is 49.4 Å². The Kier molecular flexibility index (Phi) is 8.16. The standard InChI is InChI=1S/C26H22N4O5S2/c1-16(24(31)29-26-28-23(15-36-26)18-5-3-7-21(13-18)35-2)37-22-8-4-6-19(14-22)27-25(32)17-9-11-20(12-10-17)30(33)34/h3-16H,1-2H3,(H,27,32)(H,28,29,31). The van der Waals surface area contributed by atoms with Crippen molar-refractivity contribution in [1.82, 2.24) is 4.98 Å². The highest BCUT2D eigenvalue weighted by atomic mass is 32.2. The van der Waals surface area contributed by atoms with Gasteiger partial charge in [0.05, 0.1) is 23.0 Å². The minimum atomic E-state index is -0.520. The van der Waals surface area contributed by atoms with Crippen LogP contribution in [-0.4, -0.2) is 34.1 Å². The van der Waals surface area contributed by atoms with Crippen LogP contribution in [-0.2, 0) is 4.79 Å². The number of thiazole rings is 1. The highest BCUT2D eigenvalue weighted by Gasteiger charge is 2.17. The summed E-state index contributed by atoms with van der Waals surface area (Å²) in [5.74, 6) is 0.141. The molecule has 0 saturated carbocycles. The number of anilines is 2. The van der Waals surface area contributed by atoms with Gasteiger partial charge < -0.3 is 15.4 Å². The van der Waals surface area contributed by atoms with Gasteiger partial charge >= 0.3 is 0 Å². The molecule has 9 nitrogen and oxygen atoms in total. The first-order valence-corrected chi connectivity index (χ1v) is 12.8. The van der Waals surface area contributed by atoms with Gasteiger partial charge in [-0.3, -0.25) is 19.7 Å².